The molecule has 0 spiro atoms. The first-order chi connectivity index (χ1) is 12.6. The molecule has 1 fully saturated rings. The van der Waals surface area contributed by atoms with Crippen molar-refractivity contribution in [3.05, 3.63) is 53.3 Å². The van der Waals surface area contributed by atoms with E-state index >= 15 is 0 Å². The monoisotopic (exact) mass is 366 g/mol. The van der Waals surface area contributed by atoms with Gasteiger partial charge in [-0.15, -0.1) is 0 Å². The molecule has 0 saturated carbocycles. The summed E-state index contributed by atoms with van der Waals surface area (Å²) < 4.78 is 1.24. The molecule has 1 amide bonds. The van der Waals surface area contributed by atoms with Gasteiger partial charge in [-0.1, -0.05) is 17.4 Å². The summed E-state index contributed by atoms with van der Waals surface area (Å²) in [7, 11) is 0. The van der Waals surface area contributed by atoms with Crippen molar-refractivity contribution in [3.8, 4) is 0 Å². The molecule has 0 bridgehead atoms. The smallest absolute Gasteiger partial charge is 0.254 e. The fraction of sp³-hybridized carbons (Fsp3) is 0.350. The lowest BCUT2D eigenvalue weighted by atomic mass is 10.1. The number of amides is 1. The highest BCUT2D eigenvalue weighted by Gasteiger charge is 2.22. The molecule has 0 radical (unpaired) electrons. The third-order valence-corrected chi connectivity index (χ3v) is 5.86. The molecule has 4 rings (SSSR count). The van der Waals surface area contributed by atoms with Crippen molar-refractivity contribution >= 4 is 32.6 Å². The van der Waals surface area contributed by atoms with Crippen molar-refractivity contribution in [1.29, 1.82) is 0 Å². The zero-order valence-corrected chi connectivity index (χ0v) is 15.9. The number of aromatic nitrogens is 2. The van der Waals surface area contributed by atoms with E-state index in [4.69, 9.17) is 4.98 Å². The minimum Gasteiger partial charge on any atom is -0.346 e. The van der Waals surface area contributed by atoms with Gasteiger partial charge in [0.15, 0.2) is 5.13 Å². The number of rotatable bonds is 2. The Morgan fingerprint density at radius 3 is 2.69 bits per heavy atom. The molecule has 5 nitrogen and oxygen atoms in total. The van der Waals surface area contributed by atoms with Crippen molar-refractivity contribution in [3.63, 3.8) is 0 Å². The maximum atomic E-state index is 12.7. The average molecular weight is 366 g/mol. The van der Waals surface area contributed by atoms with Crippen molar-refractivity contribution in [2.45, 2.75) is 20.3 Å². The van der Waals surface area contributed by atoms with Crippen LogP contribution in [-0.4, -0.2) is 47.0 Å². The van der Waals surface area contributed by atoms with Gasteiger partial charge in [-0.3, -0.25) is 9.78 Å². The molecule has 1 aliphatic heterocycles. The molecule has 1 aromatic carbocycles. The van der Waals surface area contributed by atoms with Crippen LogP contribution in [0.25, 0.3) is 10.2 Å². The number of pyridine rings is 1. The second-order valence-corrected chi connectivity index (χ2v) is 7.80. The number of thiazole rings is 1. The summed E-state index contributed by atoms with van der Waals surface area (Å²) in [5.74, 6) is 0.0880. The Bertz CT molecular complexity index is 938. The fourth-order valence-corrected chi connectivity index (χ4v) is 4.68. The van der Waals surface area contributed by atoms with Gasteiger partial charge in [0, 0.05) is 44.1 Å². The first kappa shape index (κ1) is 17.0. The van der Waals surface area contributed by atoms with Gasteiger partial charge in [-0.2, -0.15) is 0 Å². The number of carbonyl (C=O) groups excluding carboxylic acids is 1. The summed E-state index contributed by atoms with van der Waals surface area (Å²) in [4.78, 5) is 25.8. The molecule has 1 aliphatic rings. The molecule has 0 N–H and O–H groups in total. The Labute approximate surface area is 157 Å². The third kappa shape index (κ3) is 3.29. The van der Waals surface area contributed by atoms with E-state index in [1.54, 1.807) is 35.9 Å². The molecule has 26 heavy (non-hydrogen) atoms. The van der Waals surface area contributed by atoms with E-state index < -0.39 is 0 Å². The zero-order chi connectivity index (χ0) is 18.1. The maximum absolute atomic E-state index is 12.7. The van der Waals surface area contributed by atoms with Crippen LogP contribution >= 0.6 is 11.3 Å². The predicted molar refractivity (Wildman–Crippen MR) is 106 cm³/mol. The molecule has 1 saturated heterocycles. The maximum Gasteiger partial charge on any atom is 0.254 e. The van der Waals surface area contributed by atoms with Crippen LogP contribution in [0, 0.1) is 13.8 Å². The second-order valence-electron chi connectivity index (χ2n) is 6.79. The van der Waals surface area contributed by atoms with E-state index in [2.05, 4.69) is 35.9 Å². The summed E-state index contributed by atoms with van der Waals surface area (Å²) in [6.45, 7) is 7.49. The number of carbonyl (C=O) groups is 1. The first-order valence-electron chi connectivity index (χ1n) is 8.94. The second kappa shape index (κ2) is 7.03. The first-order valence-corrected chi connectivity index (χ1v) is 9.75. The Hall–Kier alpha value is -2.47. The molecule has 134 valence electrons. The fourth-order valence-electron chi connectivity index (χ4n) is 3.48. The van der Waals surface area contributed by atoms with Crippen LogP contribution in [0.2, 0.25) is 0 Å². The number of nitrogens with zero attached hydrogens (tertiary/aromatic N) is 4. The van der Waals surface area contributed by atoms with Gasteiger partial charge in [0.05, 0.1) is 10.2 Å². The largest absolute Gasteiger partial charge is 0.346 e. The van der Waals surface area contributed by atoms with Gasteiger partial charge in [0.1, 0.15) is 0 Å². The summed E-state index contributed by atoms with van der Waals surface area (Å²) in [6, 6.07) is 7.96. The van der Waals surface area contributed by atoms with Crippen LogP contribution in [-0.2, 0) is 0 Å². The van der Waals surface area contributed by atoms with Gasteiger partial charge >= 0.3 is 0 Å². The Kier molecular flexibility index (Phi) is 4.59. The van der Waals surface area contributed by atoms with E-state index in [1.165, 1.54) is 15.8 Å². The Balaban J connectivity index is 1.52. The summed E-state index contributed by atoms with van der Waals surface area (Å²) in [5.41, 5.74) is 4.31. The van der Waals surface area contributed by atoms with Gasteiger partial charge < -0.3 is 9.80 Å². The molecule has 0 atom stereocenters. The average Bonchev–Trinajstić information content (AvgIpc) is 2.92. The van der Waals surface area contributed by atoms with Crippen LogP contribution in [0.3, 0.4) is 0 Å². The zero-order valence-electron chi connectivity index (χ0n) is 15.1. The van der Waals surface area contributed by atoms with E-state index in [0.29, 0.717) is 5.56 Å². The van der Waals surface area contributed by atoms with E-state index in [1.807, 2.05) is 4.90 Å². The quantitative estimate of drug-likeness (QED) is 0.694. The van der Waals surface area contributed by atoms with Gasteiger partial charge in [-0.05, 0) is 49.6 Å². The minimum atomic E-state index is 0.0880. The van der Waals surface area contributed by atoms with Crippen LogP contribution in [0.15, 0.2) is 36.7 Å². The third-order valence-electron chi connectivity index (χ3n) is 4.80. The van der Waals surface area contributed by atoms with Gasteiger partial charge in [0.2, 0.25) is 0 Å². The summed E-state index contributed by atoms with van der Waals surface area (Å²) in [6.07, 6.45) is 4.29. The molecule has 6 heteroatoms. The van der Waals surface area contributed by atoms with E-state index in [-0.39, 0.29) is 5.91 Å². The number of aryl methyl sites for hydroxylation is 2. The number of hydrogen-bond acceptors (Lipinski definition) is 5. The molecule has 2 aromatic heterocycles. The van der Waals surface area contributed by atoms with Crippen LogP contribution < -0.4 is 4.90 Å². The lowest BCUT2D eigenvalue weighted by molar-refractivity contribution is 0.0767. The molecule has 3 aromatic rings. The number of fused-ring (bicyclic) bond motifs is 1. The number of hydrogen-bond donors (Lipinski definition) is 0. The van der Waals surface area contributed by atoms with Gasteiger partial charge in [-0.25, -0.2) is 4.98 Å². The lowest BCUT2D eigenvalue weighted by Crippen LogP contribution is -2.35. The SMILES string of the molecule is Cc1cc(C)c2nc(N3CCCN(C(=O)c4ccncc4)CC3)sc2c1. The van der Waals surface area contributed by atoms with Crippen molar-refractivity contribution in [2.75, 3.05) is 31.1 Å². The van der Waals surface area contributed by atoms with Gasteiger partial charge in [0.25, 0.3) is 5.91 Å². The van der Waals surface area contributed by atoms with Crippen molar-refractivity contribution in [1.82, 2.24) is 14.9 Å². The van der Waals surface area contributed by atoms with E-state index in [0.717, 1.165) is 43.2 Å². The molecule has 3 heterocycles. The molecule has 0 unspecified atom stereocenters. The standard InChI is InChI=1S/C20H22N4OS/c1-14-12-15(2)18-17(13-14)26-20(22-18)24-9-3-8-23(10-11-24)19(25)16-4-6-21-7-5-16/h4-7,12-13H,3,8-11H2,1-2H3. The van der Waals surface area contributed by atoms with Crippen molar-refractivity contribution < 1.29 is 4.79 Å². The van der Waals surface area contributed by atoms with Crippen LogP contribution in [0.4, 0.5) is 5.13 Å². The normalized spacial score (nSPS) is 15.3. The van der Waals surface area contributed by atoms with Crippen LogP contribution in [0.5, 0.6) is 0 Å². The highest BCUT2D eigenvalue weighted by molar-refractivity contribution is 7.22. The lowest BCUT2D eigenvalue weighted by Gasteiger charge is -2.21. The number of anilines is 1. The highest BCUT2D eigenvalue weighted by Crippen LogP contribution is 2.32. The Morgan fingerprint density at radius 1 is 1.08 bits per heavy atom. The van der Waals surface area contributed by atoms with Crippen molar-refractivity contribution in [2.24, 2.45) is 0 Å². The highest BCUT2D eigenvalue weighted by atomic mass is 32.1. The minimum absolute atomic E-state index is 0.0880. The predicted octanol–water partition coefficient (Wildman–Crippen LogP) is 3.66. The van der Waals surface area contributed by atoms with E-state index in [9.17, 15) is 4.79 Å². The summed E-state index contributed by atoms with van der Waals surface area (Å²) in [5, 5.41) is 1.06. The topological polar surface area (TPSA) is 49.3 Å². The summed E-state index contributed by atoms with van der Waals surface area (Å²) >= 11 is 1.75. The Morgan fingerprint density at radius 2 is 1.88 bits per heavy atom. The molecular formula is C20H22N4OS. The molecule has 0 aliphatic carbocycles. The number of benzene rings is 1. The molecular weight excluding hydrogens is 344 g/mol. The van der Waals surface area contributed by atoms with Crippen LogP contribution in [0.1, 0.15) is 27.9 Å².